The van der Waals surface area contributed by atoms with E-state index in [4.69, 9.17) is 4.74 Å². The van der Waals surface area contributed by atoms with Gasteiger partial charge in [0.1, 0.15) is 12.4 Å². The van der Waals surface area contributed by atoms with Crippen LogP contribution in [0.2, 0.25) is 0 Å². The number of amides is 2. The highest BCUT2D eigenvalue weighted by Gasteiger charge is 2.34. The quantitative estimate of drug-likeness (QED) is 0.305. The molecule has 3 aromatic rings. The fourth-order valence-electron chi connectivity index (χ4n) is 3.00. The number of carbonyl (C=O) groups excluding carboxylic acids is 2. The molecule has 4 rings (SSSR count). The molecule has 156 valence electrons. The Morgan fingerprint density at radius 2 is 1.52 bits per heavy atom. The minimum Gasteiger partial charge on any atom is -0.489 e. The van der Waals surface area contributed by atoms with Crippen LogP contribution in [-0.4, -0.2) is 16.0 Å². The Hall–Kier alpha value is -2.35. The molecule has 2 amide bonds. The number of hydrogen-bond acceptors (Lipinski definition) is 4. The number of halogens is 2. The van der Waals surface area contributed by atoms with Gasteiger partial charge in [-0.1, -0.05) is 68.3 Å². The Bertz CT molecular complexity index is 1140. The molecule has 1 aliphatic rings. The maximum Gasteiger partial charge on any atom is 0.293 e. The first-order valence-electron chi connectivity index (χ1n) is 9.45. The minimum absolute atomic E-state index is 0.256. The van der Waals surface area contributed by atoms with Crippen molar-refractivity contribution in [2.24, 2.45) is 0 Å². The summed E-state index contributed by atoms with van der Waals surface area (Å²) in [6, 6.07) is 23.0. The summed E-state index contributed by atoms with van der Waals surface area (Å²) in [7, 11) is 0. The molecule has 0 aliphatic carbocycles. The molecular formula is C24H17Br2NO3S. The predicted octanol–water partition coefficient (Wildman–Crippen LogP) is 7.03. The summed E-state index contributed by atoms with van der Waals surface area (Å²) >= 11 is 7.77. The van der Waals surface area contributed by atoms with Crippen LogP contribution in [0.1, 0.15) is 16.7 Å². The zero-order valence-electron chi connectivity index (χ0n) is 16.3. The first kappa shape index (κ1) is 21.9. The molecule has 0 spiro atoms. The number of benzene rings is 3. The molecule has 0 saturated carbocycles. The molecule has 0 atom stereocenters. The van der Waals surface area contributed by atoms with Crippen LogP contribution in [0, 0.1) is 0 Å². The lowest BCUT2D eigenvalue weighted by atomic mass is 10.2. The first-order chi connectivity index (χ1) is 15.0. The van der Waals surface area contributed by atoms with Crippen molar-refractivity contribution < 1.29 is 14.3 Å². The number of thioether (sulfide) groups is 1. The van der Waals surface area contributed by atoms with Crippen LogP contribution in [0.3, 0.4) is 0 Å². The smallest absolute Gasteiger partial charge is 0.293 e. The number of imide groups is 1. The van der Waals surface area contributed by atoms with Crippen molar-refractivity contribution in [2.75, 3.05) is 0 Å². The number of ether oxygens (including phenoxy) is 1. The lowest BCUT2D eigenvalue weighted by Crippen LogP contribution is -2.27. The number of rotatable bonds is 6. The van der Waals surface area contributed by atoms with Crippen molar-refractivity contribution in [3.8, 4) is 5.75 Å². The number of hydrogen-bond donors (Lipinski definition) is 0. The van der Waals surface area contributed by atoms with E-state index in [1.165, 1.54) is 4.90 Å². The summed E-state index contributed by atoms with van der Waals surface area (Å²) in [4.78, 5) is 26.9. The monoisotopic (exact) mass is 557 g/mol. The molecule has 1 saturated heterocycles. The molecule has 7 heteroatoms. The van der Waals surface area contributed by atoms with Gasteiger partial charge in [0.2, 0.25) is 0 Å². The van der Waals surface area contributed by atoms with E-state index < -0.39 is 0 Å². The third kappa shape index (κ3) is 5.67. The van der Waals surface area contributed by atoms with E-state index in [1.54, 1.807) is 6.08 Å². The van der Waals surface area contributed by atoms with Gasteiger partial charge < -0.3 is 4.74 Å². The Balaban J connectivity index is 1.44. The van der Waals surface area contributed by atoms with Crippen molar-refractivity contribution in [3.05, 3.63) is 103 Å². The van der Waals surface area contributed by atoms with E-state index in [0.29, 0.717) is 17.3 Å². The lowest BCUT2D eigenvalue weighted by Gasteiger charge is -2.12. The van der Waals surface area contributed by atoms with Crippen LogP contribution in [0.15, 0.2) is 86.6 Å². The maximum atomic E-state index is 12.8. The molecular weight excluding hydrogens is 542 g/mol. The highest BCUT2D eigenvalue weighted by atomic mass is 79.9. The van der Waals surface area contributed by atoms with E-state index in [9.17, 15) is 9.59 Å². The topological polar surface area (TPSA) is 46.6 Å². The highest BCUT2D eigenvalue weighted by Crippen LogP contribution is 2.34. The zero-order valence-corrected chi connectivity index (χ0v) is 20.2. The molecule has 1 fully saturated rings. The molecule has 1 aliphatic heterocycles. The molecule has 1 heterocycles. The van der Waals surface area contributed by atoms with Crippen molar-refractivity contribution in [2.45, 2.75) is 13.2 Å². The van der Waals surface area contributed by atoms with Crippen molar-refractivity contribution >= 4 is 60.8 Å². The van der Waals surface area contributed by atoms with Crippen molar-refractivity contribution in [3.63, 3.8) is 0 Å². The molecule has 0 aromatic heterocycles. The summed E-state index contributed by atoms with van der Waals surface area (Å²) in [5.74, 6) is 0.421. The Labute approximate surface area is 201 Å². The maximum absolute atomic E-state index is 12.8. The lowest BCUT2D eigenvalue weighted by molar-refractivity contribution is -0.123. The fourth-order valence-corrected chi connectivity index (χ4v) is 4.37. The van der Waals surface area contributed by atoms with Crippen LogP contribution in [0.4, 0.5) is 4.79 Å². The molecule has 31 heavy (non-hydrogen) atoms. The molecule has 4 nitrogen and oxygen atoms in total. The van der Waals surface area contributed by atoms with Crippen molar-refractivity contribution in [1.29, 1.82) is 0 Å². The molecule has 0 unspecified atom stereocenters. The minimum atomic E-state index is -0.279. The van der Waals surface area contributed by atoms with E-state index in [-0.39, 0.29) is 17.7 Å². The van der Waals surface area contributed by atoms with Crippen molar-refractivity contribution in [1.82, 2.24) is 4.90 Å². The van der Waals surface area contributed by atoms with Gasteiger partial charge in [-0.3, -0.25) is 14.5 Å². The van der Waals surface area contributed by atoms with Crippen LogP contribution < -0.4 is 4.74 Å². The summed E-state index contributed by atoms with van der Waals surface area (Å²) in [6.45, 7) is 0.700. The van der Waals surface area contributed by atoms with Gasteiger partial charge in [-0.05, 0) is 70.9 Å². The van der Waals surface area contributed by atoms with Crippen LogP contribution >= 0.6 is 43.6 Å². The zero-order chi connectivity index (χ0) is 21.8. The van der Waals surface area contributed by atoms with Gasteiger partial charge in [0, 0.05) is 8.95 Å². The summed E-state index contributed by atoms with van der Waals surface area (Å²) in [6.07, 6.45) is 1.74. The SMILES string of the molecule is O=C1S/C(=C\c2cccc(OCc3ccc(Br)cc3)c2)C(=O)N1Cc1ccc(Br)cc1. The van der Waals surface area contributed by atoms with Crippen LogP contribution in [0.25, 0.3) is 6.08 Å². The summed E-state index contributed by atoms with van der Waals surface area (Å²) < 4.78 is 7.85. The third-order valence-corrected chi connectivity index (χ3v) is 6.57. The van der Waals surface area contributed by atoms with Gasteiger partial charge in [-0.2, -0.15) is 0 Å². The predicted molar refractivity (Wildman–Crippen MR) is 131 cm³/mol. The van der Waals surface area contributed by atoms with Gasteiger partial charge in [0.15, 0.2) is 0 Å². The van der Waals surface area contributed by atoms with Gasteiger partial charge in [0.25, 0.3) is 11.1 Å². The first-order valence-corrected chi connectivity index (χ1v) is 11.9. The third-order valence-electron chi connectivity index (χ3n) is 4.60. The average Bonchev–Trinajstić information content (AvgIpc) is 3.02. The summed E-state index contributed by atoms with van der Waals surface area (Å²) in [5, 5.41) is -0.262. The van der Waals surface area contributed by atoms with E-state index >= 15 is 0 Å². The normalized spacial score (nSPS) is 15.0. The Morgan fingerprint density at radius 1 is 0.871 bits per heavy atom. The average molecular weight is 559 g/mol. The largest absolute Gasteiger partial charge is 0.489 e. The van der Waals surface area contributed by atoms with Gasteiger partial charge in [0.05, 0.1) is 11.4 Å². The molecule has 3 aromatic carbocycles. The second kappa shape index (κ2) is 9.85. The van der Waals surface area contributed by atoms with Crippen LogP contribution in [0.5, 0.6) is 5.75 Å². The van der Waals surface area contributed by atoms with Gasteiger partial charge >= 0.3 is 0 Å². The van der Waals surface area contributed by atoms with E-state index in [0.717, 1.165) is 37.4 Å². The van der Waals surface area contributed by atoms with Gasteiger partial charge in [-0.15, -0.1) is 0 Å². The molecule has 0 N–H and O–H groups in total. The van der Waals surface area contributed by atoms with E-state index in [1.807, 2.05) is 72.8 Å². The molecule has 0 bridgehead atoms. The Morgan fingerprint density at radius 3 is 2.19 bits per heavy atom. The van der Waals surface area contributed by atoms with Crippen LogP contribution in [-0.2, 0) is 17.9 Å². The van der Waals surface area contributed by atoms with E-state index in [2.05, 4.69) is 31.9 Å². The second-order valence-corrected chi connectivity index (χ2v) is 9.71. The fraction of sp³-hybridized carbons (Fsp3) is 0.0833. The van der Waals surface area contributed by atoms with Gasteiger partial charge in [-0.25, -0.2) is 0 Å². The number of nitrogens with zero attached hydrogens (tertiary/aromatic N) is 1. The molecule has 0 radical (unpaired) electrons. The summed E-state index contributed by atoms with van der Waals surface area (Å²) in [5.41, 5.74) is 2.76. The second-order valence-electron chi connectivity index (χ2n) is 6.88. The Kier molecular flexibility index (Phi) is 6.95. The standard InChI is InChI=1S/C24H17Br2NO3S/c25-19-8-4-16(5-9-19)14-27-23(28)22(31-24(27)29)13-18-2-1-3-21(12-18)30-15-17-6-10-20(26)11-7-17/h1-13H,14-15H2/b22-13-. The number of carbonyl (C=O) groups is 2. The highest BCUT2D eigenvalue weighted by molar-refractivity contribution is 9.10.